The highest BCUT2D eigenvalue weighted by molar-refractivity contribution is 7.89. The first-order valence-electron chi connectivity index (χ1n) is 6.47. The Kier molecular flexibility index (Phi) is 4.02. The maximum atomic E-state index is 12.2. The average Bonchev–Trinajstić information content (AvgIpc) is 2.37. The fraction of sp³-hybridized carbons (Fsp3) is 0.267. The van der Waals surface area contributed by atoms with Gasteiger partial charge in [0.05, 0.1) is 16.8 Å². The molecule has 0 amide bonds. The van der Waals surface area contributed by atoms with Crippen LogP contribution in [0.1, 0.15) is 20.8 Å². The number of sulfonamides is 1. The van der Waals surface area contributed by atoms with Crippen molar-refractivity contribution in [3.05, 3.63) is 42.6 Å². The summed E-state index contributed by atoms with van der Waals surface area (Å²) in [7, 11) is -3.53. The molecule has 0 radical (unpaired) electrons. The number of aromatic hydroxyl groups is 1. The molecule has 0 fully saturated rings. The van der Waals surface area contributed by atoms with Gasteiger partial charge in [0, 0.05) is 11.1 Å². The molecule has 0 aliphatic heterocycles. The summed E-state index contributed by atoms with van der Waals surface area (Å²) in [6.45, 7) is 5.37. The highest BCUT2D eigenvalue weighted by Gasteiger charge is 2.21. The zero-order valence-electron chi connectivity index (χ0n) is 12.2. The molecular weight excluding hydrogens is 288 g/mol. The van der Waals surface area contributed by atoms with E-state index >= 15 is 0 Å². The van der Waals surface area contributed by atoms with Crippen LogP contribution in [0, 0.1) is 0 Å². The minimum Gasteiger partial charge on any atom is -0.506 e. The molecule has 2 N–H and O–H groups in total. The second-order valence-corrected chi connectivity index (χ2v) is 7.46. The van der Waals surface area contributed by atoms with Crippen LogP contribution in [0.2, 0.25) is 0 Å². The molecule has 6 heteroatoms. The predicted molar refractivity (Wildman–Crippen MR) is 81.4 cm³/mol. The number of benzene rings is 1. The normalized spacial score (nSPS) is 12.3. The Bertz CT molecular complexity index is 715. The molecular formula is C15H18N2O3S. The van der Waals surface area contributed by atoms with Crippen LogP contribution in [0.15, 0.2) is 47.5 Å². The molecule has 0 bridgehead atoms. The van der Waals surface area contributed by atoms with Crippen LogP contribution in [0.4, 0.5) is 0 Å². The van der Waals surface area contributed by atoms with Crippen LogP contribution in [0.3, 0.4) is 0 Å². The van der Waals surface area contributed by atoms with Gasteiger partial charge in [-0.05, 0) is 45.0 Å². The zero-order valence-corrected chi connectivity index (χ0v) is 13.0. The van der Waals surface area contributed by atoms with Gasteiger partial charge < -0.3 is 5.11 Å². The number of rotatable bonds is 3. The van der Waals surface area contributed by atoms with Gasteiger partial charge in [0.1, 0.15) is 5.75 Å². The summed E-state index contributed by atoms with van der Waals surface area (Å²) in [5.41, 5.74) is 0.918. The first kappa shape index (κ1) is 15.5. The van der Waals surface area contributed by atoms with Crippen molar-refractivity contribution >= 4 is 10.0 Å². The van der Waals surface area contributed by atoms with E-state index in [0.29, 0.717) is 5.69 Å². The largest absolute Gasteiger partial charge is 0.506 e. The summed E-state index contributed by atoms with van der Waals surface area (Å²) in [6.07, 6.45) is 1.35. The van der Waals surface area contributed by atoms with Crippen molar-refractivity contribution in [2.45, 2.75) is 31.2 Å². The predicted octanol–water partition coefficient (Wildman–Crippen LogP) is 2.53. The minimum atomic E-state index is -3.53. The highest BCUT2D eigenvalue weighted by Crippen LogP contribution is 2.21. The highest BCUT2D eigenvalue weighted by atomic mass is 32.2. The second kappa shape index (κ2) is 5.46. The van der Waals surface area contributed by atoms with Gasteiger partial charge in [-0.3, -0.25) is 4.98 Å². The number of nitrogens with one attached hydrogen (secondary N) is 1. The lowest BCUT2D eigenvalue weighted by atomic mass is 10.1. The van der Waals surface area contributed by atoms with E-state index < -0.39 is 15.6 Å². The van der Waals surface area contributed by atoms with E-state index in [2.05, 4.69) is 9.71 Å². The van der Waals surface area contributed by atoms with E-state index in [1.165, 1.54) is 24.4 Å². The van der Waals surface area contributed by atoms with Crippen molar-refractivity contribution < 1.29 is 13.5 Å². The van der Waals surface area contributed by atoms with Crippen molar-refractivity contribution in [1.82, 2.24) is 9.71 Å². The van der Waals surface area contributed by atoms with Crippen LogP contribution in [-0.2, 0) is 10.0 Å². The summed E-state index contributed by atoms with van der Waals surface area (Å²) in [4.78, 5) is 4.29. The number of hydrogen-bond donors (Lipinski definition) is 2. The molecule has 2 rings (SSSR count). The molecule has 1 aromatic heterocycles. The Hall–Kier alpha value is -1.92. The SMILES string of the molecule is CC(C)(C)NS(=O)(=O)c1ccc(-c2ccc(O)cn2)cc1. The Morgan fingerprint density at radius 1 is 1.05 bits per heavy atom. The molecule has 0 spiro atoms. The second-order valence-electron chi connectivity index (χ2n) is 5.78. The fourth-order valence-electron chi connectivity index (χ4n) is 1.82. The van der Waals surface area contributed by atoms with Gasteiger partial charge in [-0.2, -0.15) is 0 Å². The Balaban J connectivity index is 2.29. The first-order chi connectivity index (χ1) is 9.67. The van der Waals surface area contributed by atoms with E-state index in [1.54, 1.807) is 39.0 Å². The maximum Gasteiger partial charge on any atom is 0.241 e. The van der Waals surface area contributed by atoms with Gasteiger partial charge in [0.25, 0.3) is 0 Å². The third-order valence-electron chi connectivity index (χ3n) is 2.65. The van der Waals surface area contributed by atoms with Crippen molar-refractivity contribution in [3.8, 4) is 17.0 Å². The molecule has 1 heterocycles. The molecule has 5 nitrogen and oxygen atoms in total. The van der Waals surface area contributed by atoms with E-state index in [4.69, 9.17) is 0 Å². The quantitative estimate of drug-likeness (QED) is 0.913. The molecule has 112 valence electrons. The van der Waals surface area contributed by atoms with Crippen LogP contribution < -0.4 is 4.72 Å². The molecule has 0 saturated carbocycles. The first-order valence-corrected chi connectivity index (χ1v) is 7.95. The van der Waals surface area contributed by atoms with Crippen molar-refractivity contribution in [2.75, 3.05) is 0 Å². The molecule has 0 aliphatic carbocycles. The van der Waals surface area contributed by atoms with E-state index in [1.807, 2.05) is 0 Å². The van der Waals surface area contributed by atoms with Gasteiger partial charge in [0.15, 0.2) is 0 Å². The average molecular weight is 306 g/mol. The smallest absolute Gasteiger partial charge is 0.241 e. The van der Waals surface area contributed by atoms with E-state index in [9.17, 15) is 13.5 Å². The zero-order chi connectivity index (χ0) is 15.7. The monoisotopic (exact) mass is 306 g/mol. The fourth-order valence-corrected chi connectivity index (χ4v) is 3.24. The summed E-state index contributed by atoms with van der Waals surface area (Å²) in [6, 6.07) is 9.67. The Morgan fingerprint density at radius 3 is 2.14 bits per heavy atom. The van der Waals surface area contributed by atoms with Crippen LogP contribution in [-0.4, -0.2) is 24.0 Å². The third-order valence-corrected chi connectivity index (χ3v) is 4.42. The van der Waals surface area contributed by atoms with Crippen molar-refractivity contribution in [1.29, 1.82) is 0 Å². The van der Waals surface area contributed by atoms with E-state index in [0.717, 1.165) is 5.56 Å². The number of aromatic nitrogens is 1. The summed E-state index contributed by atoms with van der Waals surface area (Å²) in [5, 5.41) is 9.21. The van der Waals surface area contributed by atoms with Crippen LogP contribution >= 0.6 is 0 Å². The van der Waals surface area contributed by atoms with Crippen LogP contribution in [0.25, 0.3) is 11.3 Å². The standard InChI is InChI=1S/C15H18N2O3S/c1-15(2,3)17-21(19,20)13-7-4-11(5-8-13)14-9-6-12(18)10-16-14/h4-10,17-18H,1-3H3. The third kappa shape index (κ3) is 4.03. The molecule has 2 aromatic rings. The van der Waals surface area contributed by atoms with E-state index in [-0.39, 0.29) is 10.6 Å². The van der Waals surface area contributed by atoms with Crippen molar-refractivity contribution in [2.24, 2.45) is 0 Å². The van der Waals surface area contributed by atoms with Crippen molar-refractivity contribution in [3.63, 3.8) is 0 Å². The van der Waals surface area contributed by atoms with Crippen LogP contribution in [0.5, 0.6) is 5.75 Å². The molecule has 21 heavy (non-hydrogen) atoms. The van der Waals surface area contributed by atoms with Gasteiger partial charge >= 0.3 is 0 Å². The molecule has 0 atom stereocenters. The molecule has 1 aromatic carbocycles. The molecule has 0 saturated heterocycles. The maximum absolute atomic E-state index is 12.2. The number of hydrogen-bond acceptors (Lipinski definition) is 4. The Labute approximate surface area is 124 Å². The minimum absolute atomic E-state index is 0.0901. The number of nitrogens with zero attached hydrogens (tertiary/aromatic N) is 1. The van der Waals surface area contributed by atoms with Gasteiger partial charge in [-0.25, -0.2) is 13.1 Å². The Morgan fingerprint density at radius 2 is 1.67 bits per heavy atom. The molecule has 0 aliphatic rings. The lowest BCUT2D eigenvalue weighted by Gasteiger charge is -2.20. The van der Waals surface area contributed by atoms with Gasteiger partial charge in [0.2, 0.25) is 10.0 Å². The topological polar surface area (TPSA) is 79.3 Å². The number of pyridine rings is 1. The van der Waals surface area contributed by atoms with Gasteiger partial charge in [-0.15, -0.1) is 0 Å². The summed E-state index contributed by atoms with van der Waals surface area (Å²) in [5.74, 6) is 0.0901. The lowest BCUT2D eigenvalue weighted by molar-refractivity contribution is 0.473. The lowest BCUT2D eigenvalue weighted by Crippen LogP contribution is -2.40. The molecule has 0 unspecified atom stereocenters. The summed E-state index contributed by atoms with van der Waals surface area (Å²) < 4.78 is 27.0. The van der Waals surface area contributed by atoms with Gasteiger partial charge in [-0.1, -0.05) is 12.1 Å². The summed E-state index contributed by atoms with van der Waals surface area (Å²) >= 11 is 0.